The van der Waals surface area contributed by atoms with E-state index in [4.69, 9.17) is 4.84 Å². The molecule has 2 aliphatic carbocycles. The number of aromatic nitrogens is 1. The Bertz CT molecular complexity index is 1130. The fourth-order valence-electron chi connectivity index (χ4n) is 3.40. The molecule has 2 saturated carbocycles. The number of methoxy groups -OCH3 is 1. The number of nitrogens with zero attached hydrogens (tertiary/aromatic N) is 2. The van der Waals surface area contributed by atoms with Crippen LogP contribution in [0.25, 0.3) is 0 Å². The number of amides is 1. The van der Waals surface area contributed by atoms with Crippen LogP contribution in [0.4, 0.5) is 5.13 Å². The van der Waals surface area contributed by atoms with Crippen LogP contribution in [-0.2, 0) is 24.2 Å². The van der Waals surface area contributed by atoms with Gasteiger partial charge in [0.25, 0.3) is 5.91 Å². The maximum absolute atomic E-state index is 13.0. The van der Waals surface area contributed by atoms with E-state index in [9.17, 15) is 18.0 Å². The molecule has 9 nitrogen and oxygen atoms in total. The summed E-state index contributed by atoms with van der Waals surface area (Å²) in [7, 11) is -2.07. The Morgan fingerprint density at radius 3 is 2.44 bits per heavy atom. The topological polar surface area (TPSA) is 124 Å². The predicted octanol–water partition coefficient (Wildman–Crippen LogP) is 3.17. The van der Waals surface area contributed by atoms with Crippen molar-refractivity contribution >= 4 is 43.9 Å². The van der Waals surface area contributed by atoms with Crippen molar-refractivity contribution in [3.05, 3.63) is 40.9 Å². The van der Waals surface area contributed by atoms with Gasteiger partial charge >= 0.3 is 5.97 Å². The quantitative estimate of drug-likeness (QED) is 0.352. The molecule has 1 N–H and O–H groups in total. The summed E-state index contributed by atoms with van der Waals surface area (Å²) >= 11 is 0.973. The van der Waals surface area contributed by atoms with Crippen LogP contribution >= 0.6 is 11.3 Å². The Morgan fingerprint density at radius 1 is 1.12 bits per heavy atom. The number of thiazole rings is 1. The molecule has 4 rings (SSSR count). The Labute approximate surface area is 189 Å². The number of hydrogen-bond acceptors (Lipinski definition) is 9. The van der Waals surface area contributed by atoms with E-state index in [1.807, 2.05) is 0 Å². The summed E-state index contributed by atoms with van der Waals surface area (Å²) < 4.78 is 29.6. The lowest BCUT2D eigenvalue weighted by Gasteiger charge is -2.11. The third kappa shape index (κ3) is 4.99. The summed E-state index contributed by atoms with van der Waals surface area (Å²) in [6.45, 7) is 0. The fraction of sp³-hybridized carbons (Fsp3) is 0.429. The second-order valence-corrected chi connectivity index (χ2v) is 11.0. The first kappa shape index (κ1) is 22.4. The number of ether oxygens (including phenoxy) is 1. The van der Waals surface area contributed by atoms with Crippen LogP contribution in [0.15, 0.2) is 40.5 Å². The molecular weight excluding hydrogens is 454 g/mol. The number of carbonyl (C=O) groups excluding carboxylic acids is 2. The largest absolute Gasteiger partial charge is 0.465 e. The summed E-state index contributed by atoms with van der Waals surface area (Å²) in [5.41, 5.74) is 0.419. The van der Waals surface area contributed by atoms with Crippen LogP contribution in [0.1, 0.15) is 53.8 Å². The van der Waals surface area contributed by atoms with Crippen LogP contribution in [0.2, 0.25) is 0 Å². The van der Waals surface area contributed by atoms with Gasteiger partial charge in [-0.3, -0.25) is 10.1 Å². The standard InChI is InChI=1S/C21H23N3O6S2/c1-29-20(26)17-12-22-21(31-17)23-19(25)18(24-30-14-4-2-3-5-14)13-6-8-15(9-7-13)32(27,28)16-10-11-16/h6-9,12,14,16H,2-5,10-11H2,1H3,(H,22,23,25). The molecule has 32 heavy (non-hydrogen) atoms. The van der Waals surface area contributed by atoms with Gasteiger partial charge in [-0.15, -0.1) is 0 Å². The maximum Gasteiger partial charge on any atom is 0.349 e. The molecule has 1 aromatic carbocycles. The summed E-state index contributed by atoms with van der Waals surface area (Å²) in [6, 6.07) is 6.07. The fourth-order valence-corrected chi connectivity index (χ4v) is 5.79. The monoisotopic (exact) mass is 477 g/mol. The van der Waals surface area contributed by atoms with Crippen LogP contribution in [0.5, 0.6) is 0 Å². The Balaban J connectivity index is 1.56. The molecular formula is C21H23N3O6S2. The lowest BCUT2D eigenvalue weighted by atomic mass is 10.1. The van der Waals surface area contributed by atoms with E-state index in [1.54, 1.807) is 12.1 Å². The normalized spacial score (nSPS) is 17.2. The van der Waals surface area contributed by atoms with E-state index in [0.717, 1.165) is 37.0 Å². The van der Waals surface area contributed by atoms with Gasteiger partial charge in [0.1, 0.15) is 11.0 Å². The smallest absolute Gasteiger partial charge is 0.349 e. The Hall–Kier alpha value is -2.79. The van der Waals surface area contributed by atoms with Gasteiger partial charge in [-0.1, -0.05) is 28.6 Å². The lowest BCUT2D eigenvalue weighted by Crippen LogP contribution is -2.25. The third-order valence-corrected chi connectivity index (χ3v) is 8.51. The van der Waals surface area contributed by atoms with Crippen LogP contribution < -0.4 is 5.32 Å². The molecule has 2 aliphatic rings. The van der Waals surface area contributed by atoms with Gasteiger partial charge in [0.2, 0.25) is 0 Å². The zero-order chi connectivity index (χ0) is 22.7. The number of hydrogen-bond donors (Lipinski definition) is 1. The molecule has 0 unspecified atom stereocenters. The second-order valence-electron chi connectivity index (χ2n) is 7.70. The van der Waals surface area contributed by atoms with Gasteiger partial charge < -0.3 is 9.57 Å². The first-order valence-corrected chi connectivity index (χ1v) is 12.7. The number of nitrogens with one attached hydrogen (secondary N) is 1. The molecule has 0 radical (unpaired) electrons. The van der Waals surface area contributed by atoms with Gasteiger partial charge in [0.05, 0.1) is 23.5 Å². The van der Waals surface area contributed by atoms with Gasteiger partial charge in [0, 0.05) is 5.56 Å². The number of carbonyl (C=O) groups is 2. The highest BCUT2D eigenvalue weighted by atomic mass is 32.2. The van der Waals surface area contributed by atoms with E-state index in [2.05, 4.69) is 20.2 Å². The van der Waals surface area contributed by atoms with E-state index >= 15 is 0 Å². The van der Waals surface area contributed by atoms with Crippen molar-refractivity contribution in [3.8, 4) is 0 Å². The van der Waals surface area contributed by atoms with Gasteiger partial charge in [-0.2, -0.15) is 0 Å². The van der Waals surface area contributed by atoms with Crippen LogP contribution in [0, 0.1) is 0 Å². The van der Waals surface area contributed by atoms with Crippen molar-refractivity contribution < 1.29 is 27.6 Å². The SMILES string of the molecule is COC(=O)c1cnc(NC(=O)C(=NOC2CCCC2)c2ccc(S(=O)(=O)C3CC3)cc2)s1. The molecule has 1 amide bonds. The molecule has 2 aromatic rings. The van der Waals surface area contributed by atoms with Crippen LogP contribution in [0.3, 0.4) is 0 Å². The molecule has 11 heteroatoms. The summed E-state index contributed by atoms with van der Waals surface area (Å²) in [5, 5.41) is 6.62. The average Bonchev–Trinajstić information content (AvgIpc) is 3.35. The number of sulfone groups is 1. The zero-order valence-corrected chi connectivity index (χ0v) is 19.1. The number of esters is 1. The highest BCUT2D eigenvalue weighted by Gasteiger charge is 2.36. The van der Waals surface area contributed by atoms with Crippen molar-refractivity contribution in [2.24, 2.45) is 5.16 Å². The van der Waals surface area contributed by atoms with Gasteiger partial charge in [-0.25, -0.2) is 18.2 Å². The van der Waals surface area contributed by atoms with Crippen molar-refractivity contribution in [2.75, 3.05) is 12.4 Å². The van der Waals surface area contributed by atoms with Crippen molar-refractivity contribution in [1.82, 2.24) is 4.98 Å². The highest BCUT2D eigenvalue weighted by Crippen LogP contribution is 2.33. The van der Waals surface area contributed by atoms with Crippen molar-refractivity contribution in [2.45, 2.75) is 54.8 Å². The van der Waals surface area contributed by atoms with E-state index in [-0.39, 0.29) is 32.0 Å². The molecule has 2 fully saturated rings. The van der Waals surface area contributed by atoms with E-state index in [0.29, 0.717) is 18.4 Å². The molecule has 1 aromatic heterocycles. The lowest BCUT2D eigenvalue weighted by molar-refractivity contribution is -0.110. The Morgan fingerprint density at radius 2 is 1.81 bits per heavy atom. The predicted molar refractivity (Wildman–Crippen MR) is 119 cm³/mol. The van der Waals surface area contributed by atoms with E-state index < -0.39 is 21.7 Å². The number of rotatable bonds is 8. The molecule has 0 bridgehead atoms. The summed E-state index contributed by atoms with van der Waals surface area (Å²) in [5.74, 6) is -1.12. The molecule has 1 heterocycles. The summed E-state index contributed by atoms with van der Waals surface area (Å²) in [6.07, 6.45) is 6.44. The molecule has 0 aliphatic heterocycles. The minimum Gasteiger partial charge on any atom is -0.465 e. The first-order valence-electron chi connectivity index (χ1n) is 10.3. The second kappa shape index (κ2) is 9.37. The van der Waals surface area contributed by atoms with Crippen molar-refractivity contribution in [1.29, 1.82) is 0 Å². The molecule has 170 valence electrons. The zero-order valence-electron chi connectivity index (χ0n) is 17.4. The highest BCUT2D eigenvalue weighted by molar-refractivity contribution is 7.92. The molecule has 0 atom stereocenters. The van der Waals surface area contributed by atoms with Gasteiger partial charge in [0.15, 0.2) is 20.7 Å². The maximum atomic E-state index is 13.0. The average molecular weight is 478 g/mol. The van der Waals surface area contributed by atoms with Crippen molar-refractivity contribution in [3.63, 3.8) is 0 Å². The number of oxime groups is 1. The number of benzene rings is 1. The minimum absolute atomic E-state index is 0.00193. The Kier molecular flexibility index (Phi) is 6.56. The molecule has 0 saturated heterocycles. The van der Waals surface area contributed by atoms with E-state index in [1.165, 1.54) is 25.4 Å². The molecule has 0 spiro atoms. The number of anilines is 1. The third-order valence-electron chi connectivity index (χ3n) is 5.34. The summed E-state index contributed by atoms with van der Waals surface area (Å²) in [4.78, 5) is 34.7. The minimum atomic E-state index is -3.33. The van der Waals surface area contributed by atoms with Crippen LogP contribution in [-0.4, -0.2) is 49.5 Å². The first-order chi connectivity index (χ1) is 15.4. The van der Waals surface area contributed by atoms with Gasteiger partial charge in [-0.05, 0) is 50.7 Å².